The third-order valence-electron chi connectivity index (χ3n) is 3.40. The van der Waals surface area contributed by atoms with E-state index in [0.717, 1.165) is 12.8 Å². The molecule has 1 nitrogen and oxygen atoms in total. The number of halogens is 2. The maximum absolute atomic E-state index is 13.3. The molecule has 0 atom stereocenters. The molecule has 2 rings (SSSR count). The molecule has 0 heterocycles. The Morgan fingerprint density at radius 3 is 2.40 bits per heavy atom. The predicted molar refractivity (Wildman–Crippen MR) is 82.7 cm³/mol. The summed E-state index contributed by atoms with van der Waals surface area (Å²) in [5.41, 5.74) is 3.38. The number of carbonyl (C=O) groups is 1. The summed E-state index contributed by atoms with van der Waals surface area (Å²) >= 11 is 3.30. The number of aryl methyl sites for hydroxylation is 2. The lowest BCUT2D eigenvalue weighted by Gasteiger charge is -2.09. The van der Waals surface area contributed by atoms with E-state index in [2.05, 4.69) is 29.8 Å². The fourth-order valence-electron chi connectivity index (χ4n) is 2.27. The lowest BCUT2D eigenvalue weighted by molar-refractivity contribution is 0.103. The highest BCUT2D eigenvalue weighted by Crippen LogP contribution is 2.23. The van der Waals surface area contributed by atoms with Gasteiger partial charge in [0.05, 0.1) is 0 Å². The van der Waals surface area contributed by atoms with E-state index in [0.29, 0.717) is 15.6 Å². The zero-order valence-corrected chi connectivity index (χ0v) is 13.1. The van der Waals surface area contributed by atoms with Crippen LogP contribution in [0.15, 0.2) is 40.9 Å². The first kappa shape index (κ1) is 14.9. The van der Waals surface area contributed by atoms with Crippen LogP contribution >= 0.6 is 15.9 Å². The van der Waals surface area contributed by atoms with Crippen molar-refractivity contribution >= 4 is 21.7 Å². The molecule has 0 aliphatic rings. The van der Waals surface area contributed by atoms with Crippen LogP contribution in [0.1, 0.15) is 40.9 Å². The summed E-state index contributed by atoms with van der Waals surface area (Å²) in [5.74, 6) is -0.564. The first-order valence-electron chi connectivity index (χ1n) is 6.68. The third kappa shape index (κ3) is 2.98. The van der Waals surface area contributed by atoms with E-state index in [1.165, 1.54) is 23.3 Å². The van der Waals surface area contributed by atoms with Crippen molar-refractivity contribution in [3.63, 3.8) is 0 Å². The molecule has 0 bridgehead atoms. The Kier molecular flexibility index (Phi) is 4.71. The van der Waals surface area contributed by atoms with Crippen LogP contribution in [0.3, 0.4) is 0 Å². The van der Waals surface area contributed by atoms with Crippen LogP contribution in [0.5, 0.6) is 0 Å². The fraction of sp³-hybridized carbons (Fsp3) is 0.235. The van der Waals surface area contributed by atoms with Crippen LogP contribution in [-0.4, -0.2) is 5.78 Å². The van der Waals surface area contributed by atoms with Crippen molar-refractivity contribution < 1.29 is 9.18 Å². The molecule has 0 saturated carbocycles. The van der Waals surface area contributed by atoms with Gasteiger partial charge in [-0.1, -0.05) is 41.9 Å². The van der Waals surface area contributed by atoms with E-state index in [9.17, 15) is 9.18 Å². The summed E-state index contributed by atoms with van der Waals surface area (Å²) < 4.78 is 13.9. The molecule has 0 fully saturated rings. The maximum atomic E-state index is 13.3. The first-order chi connectivity index (χ1) is 9.56. The fourth-order valence-corrected chi connectivity index (χ4v) is 2.69. The quantitative estimate of drug-likeness (QED) is 0.723. The van der Waals surface area contributed by atoms with Crippen LogP contribution in [0.2, 0.25) is 0 Å². The second-order valence-electron chi connectivity index (χ2n) is 4.64. The molecule has 20 heavy (non-hydrogen) atoms. The maximum Gasteiger partial charge on any atom is 0.194 e. The summed E-state index contributed by atoms with van der Waals surface area (Å²) in [5, 5.41) is 0. The number of ketones is 1. The van der Waals surface area contributed by atoms with Crippen molar-refractivity contribution in [2.24, 2.45) is 0 Å². The van der Waals surface area contributed by atoms with Gasteiger partial charge in [0.2, 0.25) is 0 Å². The molecule has 0 radical (unpaired) electrons. The number of hydrogen-bond donors (Lipinski definition) is 0. The van der Waals surface area contributed by atoms with Gasteiger partial charge in [-0.05, 0) is 48.2 Å². The Balaban J connectivity index is 2.45. The molecule has 0 unspecified atom stereocenters. The van der Waals surface area contributed by atoms with E-state index >= 15 is 0 Å². The molecule has 2 aromatic carbocycles. The second kappa shape index (κ2) is 6.31. The first-order valence-corrected chi connectivity index (χ1v) is 7.47. The van der Waals surface area contributed by atoms with E-state index in [-0.39, 0.29) is 5.78 Å². The Morgan fingerprint density at radius 2 is 1.75 bits per heavy atom. The van der Waals surface area contributed by atoms with Gasteiger partial charge in [-0.15, -0.1) is 0 Å². The van der Waals surface area contributed by atoms with E-state index in [4.69, 9.17) is 0 Å². The number of rotatable bonds is 4. The van der Waals surface area contributed by atoms with Crippen LogP contribution in [0, 0.1) is 5.82 Å². The number of benzene rings is 2. The number of carbonyl (C=O) groups excluding carboxylic acids is 1. The van der Waals surface area contributed by atoms with Gasteiger partial charge >= 0.3 is 0 Å². The average Bonchev–Trinajstić information content (AvgIpc) is 2.48. The molecule has 2 aromatic rings. The lowest BCUT2D eigenvalue weighted by atomic mass is 9.96. The standard InChI is InChI=1S/C17H16BrFO/c1-3-11-5-6-13(9-12(11)4-2)17(20)15-10-14(19)7-8-16(15)18/h5-10H,3-4H2,1-2H3. The van der Waals surface area contributed by atoms with Gasteiger partial charge in [-0.2, -0.15) is 0 Å². The topological polar surface area (TPSA) is 17.1 Å². The minimum absolute atomic E-state index is 0.159. The molecule has 0 aliphatic heterocycles. The van der Waals surface area contributed by atoms with E-state index in [1.807, 2.05) is 18.2 Å². The second-order valence-corrected chi connectivity index (χ2v) is 5.50. The van der Waals surface area contributed by atoms with E-state index < -0.39 is 5.82 Å². The van der Waals surface area contributed by atoms with Gasteiger partial charge in [0, 0.05) is 15.6 Å². The molecule has 0 amide bonds. The van der Waals surface area contributed by atoms with Crippen LogP contribution < -0.4 is 0 Å². The Hall–Kier alpha value is -1.48. The minimum atomic E-state index is -0.405. The van der Waals surface area contributed by atoms with Gasteiger partial charge in [0.25, 0.3) is 0 Å². The van der Waals surface area contributed by atoms with Crippen LogP contribution in [0.4, 0.5) is 4.39 Å². The number of hydrogen-bond acceptors (Lipinski definition) is 1. The van der Waals surface area contributed by atoms with Gasteiger partial charge in [-0.25, -0.2) is 4.39 Å². The average molecular weight is 335 g/mol. The zero-order chi connectivity index (χ0) is 14.7. The van der Waals surface area contributed by atoms with Crippen molar-refractivity contribution in [1.29, 1.82) is 0 Å². The van der Waals surface area contributed by atoms with Gasteiger partial charge in [0.1, 0.15) is 5.82 Å². The van der Waals surface area contributed by atoms with E-state index in [1.54, 1.807) is 6.07 Å². The zero-order valence-electron chi connectivity index (χ0n) is 11.5. The molecule has 0 N–H and O–H groups in total. The van der Waals surface area contributed by atoms with Gasteiger partial charge in [-0.3, -0.25) is 4.79 Å². The Bertz CT molecular complexity index is 649. The van der Waals surface area contributed by atoms with Crippen molar-refractivity contribution in [1.82, 2.24) is 0 Å². The highest BCUT2D eigenvalue weighted by Gasteiger charge is 2.14. The lowest BCUT2D eigenvalue weighted by Crippen LogP contribution is -2.05. The summed E-state index contributed by atoms with van der Waals surface area (Å²) in [6.45, 7) is 4.17. The van der Waals surface area contributed by atoms with Crippen molar-refractivity contribution in [2.45, 2.75) is 26.7 Å². The van der Waals surface area contributed by atoms with Gasteiger partial charge in [0.15, 0.2) is 5.78 Å². The molecule has 0 spiro atoms. The molecular formula is C17H16BrFO. The molecule has 104 valence electrons. The third-order valence-corrected chi connectivity index (χ3v) is 4.09. The molecule has 0 aliphatic carbocycles. The van der Waals surface area contributed by atoms with Gasteiger partial charge < -0.3 is 0 Å². The minimum Gasteiger partial charge on any atom is -0.289 e. The van der Waals surface area contributed by atoms with Crippen molar-refractivity contribution in [2.75, 3.05) is 0 Å². The van der Waals surface area contributed by atoms with Crippen LogP contribution in [-0.2, 0) is 12.8 Å². The van der Waals surface area contributed by atoms with Crippen molar-refractivity contribution in [3.05, 3.63) is 68.9 Å². The molecule has 3 heteroatoms. The Morgan fingerprint density at radius 1 is 1.05 bits per heavy atom. The smallest absolute Gasteiger partial charge is 0.194 e. The predicted octanol–water partition coefficient (Wildman–Crippen LogP) is 4.94. The summed E-state index contributed by atoms with van der Waals surface area (Å²) in [4.78, 5) is 12.5. The highest BCUT2D eigenvalue weighted by molar-refractivity contribution is 9.10. The summed E-state index contributed by atoms with van der Waals surface area (Å²) in [6, 6.07) is 9.88. The highest BCUT2D eigenvalue weighted by atomic mass is 79.9. The Labute approximate surface area is 127 Å². The summed E-state index contributed by atoms with van der Waals surface area (Å²) in [6.07, 6.45) is 1.83. The monoisotopic (exact) mass is 334 g/mol. The van der Waals surface area contributed by atoms with Crippen LogP contribution in [0.25, 0.3) is 0 Å². The largest absolute Gasteiger partial charge is 0.289 e. The molecule has 0 saturated heterocycles. The molecule has 0 aromatic heterocycles. The molecular weight excluding hydrogens is 319 g/mol. The van der Waals surface area contributed by atoms with Crippen molar-refractivity contribution in [3.8, 4) is 0 Å². The SMILES string of the molecule is CCc1ccc(C(=O)c2cc(F)ccc2Br)cc1CC. The summed E-state index contributed by atoms with van der Waals surface area (Å²) in [7, 11) is 0. The normalized spacial score (nSPS) is 10.6.